The lowest BCUT2D eigenvalue weighted by Gasteiger charge is -2.32. The van der Waals surface area contributed by atoms with Crippen LogP contribution in [0.1, 0.15) is 38.8 Å². The molecular weight excluding hydrogens is 265 g/mol. The summed E-state index contributed by atoms with van der Waals surface area (Å²) in [5.41, 5.74) is 7.94. The molecule has 0 saturated carbocycles. The van der Waals surface area contributed by atoms with Gasteiger partial charge in [-0.1, -0.05) is 30.3 Å². The topological polar surface area (TPSA) is 64.7 Å². The third-order valence-corrected chi connectivity index (χ3v) is 4.31. The second-order valence-electron chi connectivity index (χ2n) is 6.41. The molecule has 0 unspecified atom stereocenters. The predicted octanol–water partition coefficient (Wildman–Crippen LogP) is 2.15. The van der Waals surface area contributed by atoms with Gasteiger partial charge in [-0.2, -0.15) is 0 Å². The average Bonchev–Trinajstić information content (AvgIpc) is 2.65. The quantitative estimate of drug-likeness (QED) is 0.834. The third-order valence-electron chi connectivity index (χ3n) is 4.31. The number of hydrogen-bond acceptors (Lipinski definition) is 4. The van der Waals surface area contributed by atoms with E-state index in [9.17, 15) is 0 Å². The second kappa shape index (κ2) is 5.93. The summed E-state index contributed by atoms with van der Waals surface area (Å²) in [6, 6.07) is 7.69. The van der Waals surface area contributed by atoms with Crippen LogP contribution in [0.2, 0.25) is 0 Å². The van der Waals surface area contributed by atoms with E-state index >= 15 is 0 Å². The Kier molecular flexibility index (Phi) is 4.59. The molecule has 5 heteroatoms. The van der Waals surface area contributed by atoms with Crippen molar-refractivity contribution in [2.75, 3.05) is 6.54 Å². The smallest absolute Gasteiger partial charge is 0.400 e. The molecule has 21 heavy (non-hydrogen) atoms. The van der Waals surface area contributed by atoms with Crippen molar-refractivity contribution in [1.29, 1.82) is 0 Å². The van der Waals surface area contributed by atoms with Crippen LogP contribution in [0.3, 0.4) is 0 Å². The van der Waals surface area contributed by atoms with Crippen molar-refractivity contribution in [3.05, 3.63) is 40.9 Å². The van der Waals surface area contributed by atoms with E-state index in [1.807, 2.05) is 58.0 Å². The fourth-order valence-corrected chi connectivity index (χ4v) is 2.15. The van der Waals surface area contributed by atoms with Gasteiger partial charge < -0.3 is 20.1 Å². The Morgan fingerprint density at radius 1 is 1.14 bits per heavy atom. The lowest BCUT2D eigenvalue weighted by Crippen LogP contribution is -2.41. The fraction of sp³-hybridized carbons (Fsp3) is 0.500. The van der Waals surface area contributed by atoms with Crippen molar-refractivity contribution >= 4 is 13.2 Å². The Morgan fingerprint density at radius 3 is 2.10 bits per heavy atom. The van der Waals surface area contributed by atoms with Crippen molar-refractivity contribution in [3.63, 3.8) is 0 Å². The highest BCUT2D eigenvalue weighted by molar-refractivity contribution is 6.55. The molecule has 4 nitrogen and oxygen atoms in total. The Bertz CT molecular complexity index is 507. The van der Waals surface area contributed by atoms with Gasteiger partial charge in [-0.25, -0.2) is 0 Å². The first-order chi connectivity index (χ1) is 9.79. The van der Waals surface area contributed by atoms with Crippen LogP contribution >= 0.6 is 0 Å². The number of aliphatic hydroxyl groups excluding tert-OH is 1. The second-order valence-corrected chi connectivity index (χ2v) is 6.41. The molecule has 0 aliphatic carbocycles. The third kappa shape index (κ3) is 3.38. The van der Waals surface area contributed by atoms with Crippen molar-refractivity contribution in [1.82, 2.24) is 0 Å². The minimum atomic E-state index is -0.419. The van der Waals surface area contributed by atoms with Crippen LogP contribution in [-0.2, 0) is 15.9 Å². The number of benzene rings is 1. The zero-order valence-electron chi connectivity index (χ0n) is 13.2. The molecule has 2 rings (SSSR count). The van der Waals surface area contributed by atoms with Gasteiger partial charge in [-0.05, 0) is 44.3 Å². The first-order valence-electron chi connectivity index (χ1n) is 7.25. The molecule has 114 valence electrons. The van der Waals surface area contributed by atoms with Crippen LogP contribution in [0.5, 0.6) is 0 Å². The molecular formula is C16H24BNO3. The number of aliphatic hydroxyl groups is 1. The van der Waals surface area contributed by atoms with E-state index in [4.69, 9.17) is 20.1 Å². The maximum Gasteiger partial charge on any atom is 0.491 e. The van der Waals surface area contributed by atoms with Gasteiger partial charge >= 0.3 is 7.12 Å². The molecule has 1 saturated heterocycles. The molecule has 0 amide bonds. The highest BCUT2D eigenvalue weighted by atomic mass is 16.7. The van der Waals surface area contributed by atoms with Gasteiger partial charge in [0.1, 0.15) is 0 Å². The van der Waals surface area contributed by atoms with E-state index in [0.29, 0.717) is 6.54 Å². The molecule has 3 N–H and O–H groups in total. The van der Waals surface area contributed by atoms with Crippen molar-refractivity contribution in [3.8, 4) is 0 Å². The summed E-state index contributed by atoms with van der Waals surface area (Å²) >= 11 is 0. The van der Waals surface area contributed by atoms with Gasteiger partial charge in [0, 0.05) is 6.54 Å². The summed E-state index contributed by atoms with van der Waals surface area (Å²) in [4.78, 5) is 0. The van der Waals surface area contributed by atoms with Crippen LogP contribution in [0.25, 0.3) is 6.08 Å². The summed E-state index contributed by atoms with van der Waals surface area (Å²) in [5.74, 6) is 0. The molecule has 0 spiro atoms. The van der Waals surface area contributed by atoms with Crippen LogP contribution in [0.4, 0.5) is 0 Å². The Labute approximate surface area is 127 Å². The number of rotatable bonds is 4. The van der Waals surface area contributed by atoms with Gasteiger partial charge in [0.15, 0.2) is 0 Å². The molecule has 1 heterocycles. The summed E-state index contributed by atoms with van der Waals surface area (Å²) in [7, 11) is -0.419. The van der Waals surface area contributed by atoms with Crippen molar-refractivity contribution in [2.45, 2.75) is 45.5 Å². The normalized spacial score (nSPS) is 20.9. The van der Waals surface area contributed by atoms with Gasteiger partial charge in [-0.15, -0.1) is 0 Å². The van der Waals surface area contributed by atoms with E-state index in [2.05, 4.69) is 0 Å². The monoisotopic (exact) mass is 289 g/mol. The minimum absolute atomic E-state index is 0.0466. The van der Waals surface area contributed by atoms with E-state index in [1.165, 1.54) is 0 Å². The van der Waals surface area contributed by atoms with Gasteiger partial charge in [0.25, 0.3) is 0 Å². The largest absolute Gasteiger partial charge is 0.491 e. The van der Waals surface area contributed by atoms with Crippen molar-refractivity contribution < 1.29 is 14.4 Å². The summed E-state index contributed by atoms with van der Waals surface area (Å²) in [6.45, 7) is 8.52. The molecule has 1 aromatic carbocycles. The zero-order valence-corrected chi connectivity index (χ0v) is 13.2. The van der Waals surface area contributed by atoms with Gasteiger partial charge in [0.2, 0.25) is 0 Å². The summed E-state index contributed by atoms with van der Waals surface area (Å²) < 4.78 is 12.0. The fourth-order valence-electron chi connectivity index (χ4n) is 2.15. The number of hydrogen-bond donors (Lipinski definition) is 2. The first-order valence-corrected chi connectivity index (χ1v) is 7.25. The van der Waals surface area contributed by atoms with E-state index in [1.54, 1.807) is 0 Å². The van der Waals surface area contributed by atoms with Crippen LogP contribution in [0, 0.1) is 0 Å². The lowest BCUT2D eigenvalue weighted by molar-refractivity contribution is 0.00578. The van der Waals surface area contributed by atoms with E-state index in [-0.39, 0.29) is 17.8 Å². The lowest BCUT2D eigenvalue weighted by atomic mass is 9.77. The zero-order chi connectivity index (χ0) is 15.7. The van der Waals surface area contributed by atoms with Gasteiger partial charge in [-0.3, -0.25) is 0 Å². The van der Waals surface area contributed by atoms with E-state index in [0.717, 1.165) is 16.6 Å². The molecule has 1 fully saturated rings. The number of nitrogens with two attached hydrogens (primary N) is 1. The summed E-state index contributed by atoms with van der Waals surface area (Å²) in [5, 5.41) is 9.07. The maximum absolute atomic E-state index is 9.07. The molecule has 1 aliphatic rings. The maximum atomic E-state index is 9.07. The van der Waals surface area contributed by atoms with Gasteiger partial charge in [0.05, 0.1) is 17.8 Å². The Morgan fingerprint density at radius 2 is 1.67 bits per heavy atom. The first kappa shape index (κ1) is 16.2. The van der Waals surface area contributed by atoms with Crippen molar-refractivity contribution in [2.24, 2.45) is 5.73 Å². The molecule has 0 aromatic heterocycles. The SMILES string of the molecule is CC1(C)OB(C(=Cc2ccc(CO)cc2)CN)OC1(C)C. The standard InChI is InChI=1S/C16H24BNO3/c1-15(2)16(3,4)21-17(20-15)14(10-18)9-12-5-7-13(11-19)8-6-12/h5-9,19H,10-11,18H2,1-4H3. The van der Waals surface area contributed by atoms with Crippen LogP contribution in [-0.4, -0.2) is 30.0 Å². The Hall–Kier alpha value is -1.14. The van der Waals surface area contributed by atoms with E-state index < -0.39 is 7.12 Å². The molecule has 0 bridgehead atoms. The van der Waals surface area contributed by atoms with Crippen LogP contribution in [0.15, 0.2) is 29.7 Å². The molecule has 1 aromatic rings. The molecule has 0 radical (unpaired) electrons. The van der Waals surface area contributed by atoms with Crippen LogP contribution < -0.4 is 5.73 Å². The average molecular weight is 289 g/mol. The molecule has 0 atom stereocenters. The predicted molar refractivity (Wildman–Crippen MR) is 85.5 cm³/mol. The summed E-state index contributed by atoms with van der Waals surface area (Å²) in [6.07, 6.45) is 1.99. The Balaban J connectivity index is 2.22. The highest BCUT2D eigenvalue weighted by Crippen LogP contribution is 2.38. The minimum Gasteiger partial charge on any atom is -0.400 e. The molecule has 1 aliphatic heterocycles. The highest BCUT2D eigenvalue weighted by Gasteiger charge is 2.52.